The third-order valence-corrected chi connectivity index (χ3v) is 4.82. The molecule has 1 saturated heterocycles. The Labute approximate surface area is 115 Å². The van der Waals surface area contributed by atoms with Gasteiger partial charge >= 0.3 is 0 Å². The van der Waals surface area contributed by atoms with Crippen LogP contribution < -0.4 is 5.32 Å². The lowest BCUT2D eigenvalue weighted by atomic mass is 9.89. The summed E-state index contributed by atoms with van der Waals surface area (Å²) in [7, 11) is 2.26. The van der Waals surface area contributed by atoms with E-state index in [-0.39, 0.29) is 0 Å². The van der Waals surface area contributed by atoms with E-state index in [0.717, 1.165) is 23.9 Å². The minimum atomic E-state index is 0.729. The lowest BCUT2D eigenvalue weighted by Gasteiger charge is -2.40. The summed E-state index contributed by atoms with van der Waals surface area (Å²) in [6, 6.07) is 1.46. The van der Waals surface area contributed by atoms with Crippen molar-refractivity contribution in [2.24, 2.45) is 11.8 Å². The first-order valence-corrected chi connectivity index (χ1v) is 8.02. The molecule has 1 heterocycles. The molecule has 2 nitrogen and oxygen atoms in total. The SMILES string of the molecule is CCCCC(CC)CNC1CC(C)N(C)CC1C. The highest BCUT2D eigenvalue weighted by atomic mass is 15.2. The summed E-state index contributed by atoms with van der Waals surface area (Å²) in [5.74, 6) is 1.67. The van der Waals surface area contributed by atoms with Gasteiger partial charge in [0, 0.05) is 18.6 Å². The predicted octanol–water partition coefficient (Wildman–Crippen LogP) is 3.52. The smallest absolute Gasteiger partial charge is 0.0120 e. The second-order valence-electron chi connectivity index (χ2n) is 6.43. The Morgan fingerprint density at radius 1 is 1.28 bits per heavy atom. The van der Waals surface area contributed by atoms with Crippen molar-refractivity contribution >= 4 is 0 Å². The third kappa shape index (κ3) is 4.89. The summed E-state index contributed by atoms with van der Waals surface area (Å²) in [5, 5.41) is 3.86. The van der Waals surface area contributed by atoms with E-state index < -0.39 is 0 Å². The fourth-order valence-electron chi connectivity index (χ4n) is 3.09. The molecule has 0 aromatic rings. The third-order valence-electron chi connectivity index (χ3n) is 4.82. The number of unbranched alkanes of at least 4 members (excludes halogenated alkanes) is 1. The topological polar surface area (TPSA) is 15.3 Å². The van der Waals surface area contributed by atoms with E-state index >= 15 is 0 Å². The minimum Gasteiger partial charge on any atom is -0.313 e. The second kappa shape index (κ2) is 8.16. The summed E-state index contributed by atoms with van der Waals surface area (Å²) < 4.78 is 0. The number of rotatable bonds is 7. The highest BCUT2D eigenvalue weighted by Crippen LogP contribution is 2.21. The lowest BCUT2D eigenvalue weighted by Crippen LogP contribution is -2.51. The Morgan fingerprint density at radius 2 is 2.00 bits per heavy atom. The molecule has 1 aliphatic rings. The fourth-order valence-corrected chi connectivity index (χ4v) is 3.09. The van der Waals surface area contributed by atoms with Crippen LogP contribution in [0.25, 0.3) is 0 Å². The maximum Gasteiger partial charge on any atom is 0.0120 e. The first-order chi connectivity index (χ1) is 8.58. The normalized spacial score (nSPS) is 31.5. The molecule has 4 unspecified atom stereocenters. The molecule has 0 bridgehead atoms. The largest absolute Gasteiger partial charge is 0.313 e. The summed E-state index contributed by atoms with van der Waals surface area (Å²) >= 11 is 0. The summed E-state index contributed by atoms with van der Waals surface area (Å²) in [4.78, 5) is 2.50. The molecule has 2 heteroatoms. The average Bonchev–Trinajstić information content (AvgIpc) is 2.35. The Bertz CT molecular complexity index is 217. The number of likely N-dealkylation sites (tertiary alicyclic amines) is 1. The molecule has 0 saturated carbocycles. The van der Waals surface area contributed by atoms with Gasteiger partial charge in [-0.3, -0.25) is 0 Å². The second-order valence-corrected chi connectivity index (χ2v) is 6.43. The van der Waals surface area contributed by atoms with Gasteiger partial charge in [0.1, 0.15) is 0 Å². The van der Waals surface area contributed by atoms with Crippen molar-refractivity contribution in [1.82, 2.24) is 10.2 Å². The van der Waals surface area contributed by atoms with Crippen LogP contribution in [0.5, 0.6) is 0 Å². The zero-order chi connectivity index (χ0) is 13.5. The quantitative estimate of drug-likeness (QED) is 0.748. The van der Waals surface area contributed by atoms with E-state index in [1.165, 1.54) is 45.2 Å². The summed E-state index contributed by atoms with van der Waals surface area (Å²) in [5.41, 5.74) is 0. The van der Waals surface area contributed by atoms with Gasteiger partial charge < -0.3 is 10.2 Å². The van der Waals surface area contributed by atoms with Gasteiger partial charge in [-0.2, -0.15) is 0 Å². The molecule has 4 atom stereocenters. The van der Waals surface area contributed by atoms with E-state index in [1.54, 1.807) is 0 Å². The first-order valence-electron chi connectivity index (χ1n) is 8.02. The number of nitrogens with one attached hydrogen (secondary N) is 1. The van der Waals surface area contributed by atoms with E-state index in [4.69, 9.17) is 0 Å². The summed E-state index contributed by atoms with van der Waals surface area (Å²) in [6.45, 7) is 11.8. The monoisotopic (exact) mass is 254 g/mol. The van der Waals surface area contributed by atoms with E-state index in [2.05, 4.69) is 45.0 Å². The first kappa shape index (κ1) is 16.0. The Morgan fingerprint density at radius 3 is 2.61 bits per heavy atom. The Kier molecular flexibility index (Phi) is 7.25. The fraction of sp³-hybridized carbons (Fsp3) is 1.00. The number of hydrogen-bond donors (Lipinski definition) is 1. The van der Waals surface area contributed by atoms with Crippen molar-refractivity contribution in [3.05, 3.63) is 0 Å². The van der Waals surface area contributed by atoms with Crippen LogP contribution in [0.1, 0.15) is 59.8 Å². The van der Waals surface area contributed by atoms with Crippen LogP contribution in [0.4, 0.5) is 0 Å². The van der Waals surface area contributed by atoms with E-state index in [9.17, 15) is 0 Å². The molecular formula is C16H34N2. The van der Waals surface area contributed by atoms with Gasteiger partial charge in [0.2, 0.25) is 0 Å². The van der Waals surface area contributed by atoms with Gasteiger partial charge in [0.25, 0.3) is 0 Å². The molecule has 0 aliphatic carbocycles. The van der Waals surface area contributed by atoms with Crippen LogP contribution in [0.3, 0.4) is 0 Å². The van der Waals surface area contributed by atoms with Gasteiger partial charge in [0.05, 0.1) is 0 Å². The van der Waals surface area contributed by atoms with Crippen molar-refractivity contribution in [2.45, 2.75) is 71.9 Å². The molecule has 0 aromatic heterocycles. The van der Waals surface area contributed by atoms with Crippen molar-refractivity contribution in [1.29, 1.82) is 0 Å². The van der Waals surface area contributed by atoms with Crippen molar-refractivity contribution in [3.63, 3.8) is 0 Å². The molecule has 108 valence electrons. The standard InChI is InChI=1S/C16H34N2/c1-6-8-9-15(7-2)11-17-16-10-14(4)18(5)12-13(16)3/h13-17H,6-12H2,1-5H3. The van der Waals surface area contributed by atoms with Gasteiger partial charge in [0.15, 0.2) is 0 Å². The van der Waals surface area contributed by atoms with Crippen molar-refractivity contribution < 1.29 is 0 Å². The summed E-state index contributed by atoms with van der Waals surface area (Å²) in [6.07, 6.45) is 6.75. The maximum atomic E-state index is 3.86. The van der Waals surface area contributed by atoms with Gasteiger partial charge in [-0.25, -0.2) is 0 Å². The molecule has 0 aromatic carbocycles. The molecule has 1 aliphatic heterocycles. The molecule has 1 N–H and O–H groups in total. The predicted molar refractivity (Wildman–Crippen MR) is 81.0 cm³/mol. The molecule has 1 fully saturated rings. The minimum absolute atomic E-state index is 0.729. The zero-order valence-corrected chi connectivity index (χ0v) is 13.2. The molecule has 18 heavy (non-hydrogen) atoms. The van der Waals surface area contributed by atoms with Gasteiger partial charge in [-0.05, 0) is 45.2 Å². The van der Waals surface area contributed by atoms with Crippen LogP contribution in [0.2, 0.25) is 0 Å². The molecule has 0 radical (unpaired) electrons. The highest BCUT2D eigenvalue weighted by Gasteiger charge is 2.28. The molecular weight excluding hydrogens is 220 g/mol. The van der Waals surface area contributed by atoms with Crippen molar-refractivity contribution in [3.8, 4) is 0 Å². The average molecular weight is 254 g/mol. The number of piperidine rings is 1. The van der Waals surface area contributed by atoms with Crippen LogP contribution in [-0.2, 0) is 0 Å². The Balaban J connectivity index is 2.32. The highest BCUT2D eigenvalue weighted by molar-refractivity contribution is 4.86. The lowest BCUT2D eigenvalue weighted by molar-refractivity contribution is 0.119. The van der Waals surface area contributed by atoms with Gasteiger partial charge in [-0.1, -0.05) is 40.0 Å². The van der Waals surface area contributed by atoms with Crippen LogP contribution in [-0.4, -0.2) is 37.1 Å². The zero-order valence-electron chi connectivity index (χ0n) is 13.2. The van der Waals surface area contributed by atoms with E-state index in [0.29, 0.717) is 0 Å². The van der Waals surface area contributed by atoms with E-state index in [1.807, 2.05) is 0 Å². The van der Waals surface area contributed by atoms with Crippen LogP contribution in [0, 0.1) is 11.8 Å². The number of nitrogens with zero attached hydrogens (tertiary/aromatic N) is 1. The van der Waals surface area contributed by atoms with Crippen LogP contribution in [0.15, 0.2) is 0 Å². The maximum absolute atomic E-state index is 3.86. The van der Waals surface area contributed by atoms with Crippen molar-refractivity contribution in [2.75, 3.05) is 20.1 Å². The number of hydrogen-bond acceptors (Lipinski definition) is 2. The van der Waals surface area contributed by atoms with Gasteiger partial charge in [-0.15, -0.1) is 0 Å². The van der Waals surface area contributed by atoms with Crippen LogP contribution >= 0.6 is 0 Å². The Hall–Kier alpha value is -0.0800. The molecule has 1 rings (SSSR count). The molecule has 0 amide bonds. The molecule has 0 spiro atoms.